The highest BCUT2D eigenvalue weighted by Gasteiger charge is 2.40. The SMILES string of the molecule is O=C1CCC(n2c3cccc(C#CCOC4CCN(CC5CCC(n6cc(NC(=O)c7cnn8ccc(N9C[C@H]%10C[C@@H]9CO%10)nc78)c(C(F)F)n6)CC5)CC4)c3c3cccnc32)C(=O)N1. The molecule has 4 aliphatic heterocycles. The number of rotatable bonds is 10. The number of carbonyl (C=O) groups excluding carboxylic acids is 3. The fraction of sp³-hybridized carbons (Fsp3) is 0.468. The molecule has 3 atom stereocenters. The Bertz CT molecular complexity index is 2870. The number of halogens is 2. The summed E-state index contributed by atoms with van der Waals surface area (Å²) in [6.07, 6.45) is 10.9. The molecule has 16 nitrogen and oxygen atoms in total. The molecule has 1 unspecified atom stereocenters. The maximum absolute atomic E-state index is 14.3. The van der Waals surface area contributed by atoms with Crippen molar-refractivity contribution < 1.29 is 32.6 Å². The maximum Gasteiger partial charge on any atom is 0.284 e. The van der Waals surface area contributed by atoms with Crippen LogP contribution in [-0.4, -0.2) is 114 Å². The maximum atomic E-state index is 14.3. The Kier molecular flexibility index (Phi) is 11.0. The van der Waals surface area contributed by atoms with Crippen LogP contribution < -0.4 is 15.5 Å². The first-order chi connectivity index (χ1) is 31.7. The quantitative estimate of drug-likeness (QED) is 0.126. The van der Waals surface area contributed by atoms with Gasteiger partial charge in [-0.25, -0.2) is 23.3 Å². The fourth-order valence-electron chi connectivity index (χ4n) is 10.7. The van der Waals surface area contributed by atoms with Gasteiger partial charge in [-0.1, -0.05) is 17.9 Å². The standard InChI is InChI=1S/C47H49F2N11O5/c48-43(49)42-36(52-46(62)35-23-51-58-20-16-39(53-45(35)58)57-25-33-22-31(57)27-65-33)26-59(55-42)30-10-8-28(9-11-30)24-56-18-14-32(15-19-56)64-21-3-5-29-4-1-7-37-41(29)34-6-2-17-50-44(34)60(37)38-12-13-40(61)54-47(38)63/h1-2,4,6-7,16-17,20,23,26,28,30-33,38,43H,8-15,18-19,21-22,24-25,27H2,(H,52,62)(H,54,61,63)/t28?,30?,31-,33-,38?/m1/s1. The van der Waals surface area contributed by atoms with E-state index in [1.54, 1.807) is 23.3 Å². The number of alkyl halides is 2. The van der Waals surface area contributed by atoms with Crippen LogP contribution >= 0.6 is 0 Å². The summed E-state index contributed by atoms with van der Waals surface area (Å²) >= 11 is 0. The number of amides is 3. The number of nitrogens with zero attached hydrogens (tertiary/aromatic N) is 9. The van der Waals surface area contributed by atoms with E-state index in [0.717, 1.165) is 98.8 Å². The molecule has 1 aromatic carbocycles. The van der Waals surface area contributed by atoms with Crippen molar-refractivity contribution in [2.75, 3.05) is 49.6 Å². The van der Waals surface area contributed by atoms with E-state index in [1.165, 1.54) is 10.7 Å². The van der Waals surface area contributed by atoms with Crippen molar-refractivity contribution in [2.45, 2.75) is 94.5 Å². The third-order valence-electron chi connectivity index (χ3n) is 14.0. The van der Waals surface area contributed by atoms with Gasteiger partial charge in [0, 0.05) is 67.5 Å². The number of aromatic nitrogens is 7. The van der Waals surface area contributed by atoms with Crippen LogP contribution in [0.3, 0.4) is 0 Å². The minimum Gasteiger partial charge on any atom is -0.374 e. The van der Waals surface area contributed by atoms with E-state index < -0.39 is 24.1 Å². The number of morpholine rings is 1. The molecule has 5 fully saturated rings. The Hall–Kier alpha value is -6.29. The second-order valence-corrected chi connectivity index (χ2v) is 18.0. The number of imide groups is 1. The summed E-state index contributed by atoms with van der Waals surface area (Å²) in [6.45, 7) is 4.53. The summed E-state index contributed by atoms with van der Waals surface area (Å²) in [5.41, 5.74) is 2.48. The lowest BCUT2D eigenvalue weighted by Crippen LogP contribution is -2.41. The van der Waals surface area contributed by atoms with E-state index in [4.69, 9.17) is 14.5 Å². The zero-order valence-electron chi connectivity index (χ0n) is 35.7. The number of anilines is 2. The molecule has 0 radical (unpaired) electrons. The smallest absolute Gasteiger partial charge is 0.284 e. The van der Waals surface area contributed by atoms with E-state index in [1.807, 2.05) is 41.0 Å². The number of carbonyl (C=O) groups is 3. The molecule has 0 spiro atoms. The Morgan fingerprint density at radius 1 is 1.02 bits per heavy atom. The largest absolute Gasteiger partial charge is 0.374 e. The minimum absolute atomic E-state index is 0.00188. The van der Waals surface area contributed by atoms with Gasteiger partial charge in [-0.2, -0.15) is 10.2 Å². The molecule has 5 aliphatic rings. The summed E-state index contributed by atoms with van der Waals surface area (Å²) in [6, 6.07) is 11.3. The van der Waals surface area contributed by atoms with Gasteiger partial charge >= 0.3 is 0 Å². The van der Waals surface area contributed by atoms with Gasteiger partial charge in [0.15, 0.2) is 11.3 Å². The average Bonchev–Trinajstić information content (AvgIpc) is 4.17. The molecule has 336 valence electrons. The molecule has 6 aromatic rings. The van der Waals surface area contributed by atoms with Gasteiger partial charge in [0.25, 0.3) is 12.3 Å². The summed E-state index contributed by atoms with van der Waals surface area (Å²) in [7, 11) is 0. The summed E-state index contributed by atoms with van der Waals surface area (Å²) in [4.78, 5) is 52.4. The predicted octanol–water partition coefficient (Wildman–Crippen LogP) is 5.84. The third kappa shape index (κ3) is 7.99. The number of likely N-dealkylation sites (tertiary alicyclic amines) is 1. The number of piperidine rings is 2. The molecule has 5 aromatic heterocycles. The highest BCUT2D eigenvalue weighted by molar-refractivity contribution is 6.11. The van der Waals surface area contributed by atoms with Gasteiger partial charge in [0.05, 0.1) is 48.3 Å². The Balaban J connectivity index is 0.667. The number of pyridine rings is 1. The Morgan fingerprint density at radius 3 is 2.66 bits per heavy atom. The van der Waals surface area contributed by atoms with Crippen LogP contribution in [0.1, 0.15) is 97.9 Å². The first-order valence-corrected chi connectivity index (χ1v) is 22.7. The van der Waals surface area contributed by atoms with Crippen LogP contribution in [0.25, 0.3) is 27.6 Å². The van der Waals surface area contributed by atoms with Crippen LogP contribution in [0.4, 0.5) is 20.3 Å². The van der Waals surface area contributed by atoms with Crippen molar-refractivity contribution >= 4 is 56.8 Å². The molecule has 11 rings (SSSR count). The Morgan fingerprint density at radius 2 is 1.88 bits per heavy atom. The molecule has 1 aliphatic carbocycles. The number of nitrogens with one attached hydrogen (secondary N) is 2. The van der Waals surface area contributed by atoms with Crippen molar-refractivity contribution in [2.24, 2.45) is 5.92 Å². The first-order valence-electron chi connectivity index (χ1n) is 22.7. The topological polar surface area (TPSA) is 166 Å². The van der Waals surface area contributed by atoms with Gasteiger partial charge < -0.3 is 29.2 Å². The van der Waals surface area contributed by atoms with Gasteiger partial charge in [-0.15, -0.1) is 0 Å². The van der Waals surface area contributed by atoms with E-state index in [2.05, 4.69) is 47.5 Å². The monoisotopic (exact) mass is 885 g/mol. The van der Waals surface area contributed by atoms with E-state index in [9.17, 15) is 23.2 Å². The summed E-state index contributed by atoms with van der Waals surface area (Å²) < 4.78 is 45.7. The van der Waals surface area contributed by atoms with Crippen LogP contribution in [0, 0.1) is 17.8 Å². The van der Waals surface area contributed by atoms with Crippen LogP contribution in [0.2, 0.25) is 0 Å². The number of hydrogen-bond acceptors (Lipinski definition) is 11. The average molecular weight is 886 g/mol. The molecular weight excluding hydrogens is 837 g/mol. The molecule has 2 N–H and O–H groups in total. The number of fused-ring (bicyclic) bond motifs is 6. The first kappa shape index (κ1) is 41.4. The third-order valence-corrected chi connectivity index (χ3v) is 14.0. The molecular formula is C47H49F2N11O5. The second kappa shape index (κ2) is 17.3. The normalized spacial score (nSPS) is 24.0. The van der Waals surface area contributed by atoms with Gasteiger partial charge in [0.1, 0.15) is 29.7 Å². The van der Waals surface area contributed by atoms with Crippen molar-refractivity contribution in [3.8, 4) is 11.8 Å². The van der Waals surface area contributed by atoms with Crippen molar-refractivity contribution in [1.82, 2.24) is 44.1 Å². The molecule has 18 heteroatoms. The molecule has 2 bridgehead atoms. The number of benzene rings is 1. The molecule has 4 saturated heterocycles. The van der Waals surface area contributed by atoms with Crippen LogP contribution in [0.15, 0.2) is 61.2 Å². The van der Waals surface area contributed by atoms with Crippen LogP contribution in [0.5, 0.6) is 0 Å². The number of hydrogen-bond donors (Lipinski definition) is 2. The highest BCUT2D eigenvalue weighted by atomic mass is 19.3. The van der Waals surface area contributed by atoms with Gasteiger partial charge in [-0.05, 0) is 87.6 Å². The van der Waals surface area contributed by atoms with Crippen molar-refractivity contribution in [3.63, 3.8) is 0 Å². The minimum atomic E-state index is -2.86. The second-order valence-electron chi connectivity index (χ2n) is 18.0. The molecule has 1 saturated carbocycles. The molecule has 65 heavy (non-hydrogen) atoms. The van der Waals surface area contributed by atoms with E-state index >= 15 is 0 Å². The number of ether oxygens (including phenoxy) is 2. The lowest BCUT2D eigenvalue weighted by atomic mass is 9.85. The lowest BCUT2D eigenvalue weighted by molar-refractivity contribution is -0.135. The zero-order valence-corrected chi connectivity index (χ0v) is 35.7. The van der Waals surface area contributed by atoms with E-state index in [0.29, 0.717) is 36.8 Å². The molecule has 3 amide bonds. The van der Waals surface area contributed by atoms with E-state index in [-0.39, 0.29) is 53.8 Å². The van der Waals surface area contributed by atoms with Crippen LogP contribution in [-0.2, 0) is 19.1 Å². The summed E-state index contributed by atoms with van der Waals surface area (Å²) in [5.74, 6) is 6.64. The fourth-order valence-corrected chi connectivity index (χ4v) is 10.7. The molecule has 9 heterocycles. The zero-order chi connectivity index (χ0) is 44.2. The van der Waals surface area contributed by atoms with Crippen molar-refractivity contribution in [3.05, 3.63) is 78.0 Å². The summed E-state index contributed by atoms with van der Waals surface area (Å²) in [5, 5.41) is 15.6. The van der Waals surface area contributed by atoms with Crippen molar-refractivity contribution in [1.29, 1.82) is 0 Å². The van der Waals surface area contributed by atoms with Gasteiger partial charge in [0.2, 0.25) is 11.8 Å². The lowest BCUT2D eigenvalue weighted by Gasteiger charge is -2.36. The highest BCUT2D eigenvalue weighted by Crippen LogP contribution is 2.38. The predicted molar refractivity (Wildman–Crippen MR) is 236 cm³/mol. The Labute approximate surface area is 372 Å². The van der Waals surface area contributed by atoms with Gasteiger partial charge in [-0.3, -0.25) is 24.4 Å².